The predicted molar refractivity (Wildman–Crippen MR) is 101 cm³/mol. The topological polar surface area (TPSA) is 49.4 Å². The van der Waals surface area contributed by atoms with E-state index in [-0.39, 0.29) is 17.9 Å². The highest BCUT2D eigenvalue weighted by atomic mass is 16.2. The van der Waals surface area contributed by atoms with Crippen LogP contribution in [0.4, 0.5) is 0 Å². The largest absolute Gasteiger partial charge is 0.350 e. The van der Waals surface area contributed by atoms with Crippen LogP contribution in [-0.2, 0) is 6.54 Å². The minimum Gasteiger partial charge on any atom is -0.350 e. The number of carbonyl (C=O) groups is 2. The van der Waals surface area contributed by atoms with Crippen LogP contribution in [-0.4, -0.2) is 29.8 Å². The van der Waals surface area contributed by atoms with E-state index in [1.807, 2.05) is 37.3 Å². The van der Waals surface area contributed by atoms with Gasteiger partial charge in [0.1, 0.15) is 0 Å². The molecule has 2 rings (SSSR count). The number of nitrogens with one attached hydrogen (secondary N) is 1. The van der Waals surface area contributed by atoms with Gasteiger partial charge in [0.25, 0.3) is 11.8 Å². The third kappa shape index (κ3) is 5.18. The smallest absolute Gasteiger partial charge is 0.254 e. The van der Waals surface area contributed by atoms with Gasteiger partial charge in [0.05, 0.1) is 11.1 Å². The zero-order valence-corrected chi connectivity index (χ0v) is 15.2. The lowest BCUT2D eigenvalue weighted by molar-refractivity contribution is 0.0777. The molecule has 0 aromatic heterocycles. The lowest BCUT2D eigenvalue weighted by atomic mass is 10.0. The molecule has 1 atom stereocenters. The molecule has 1 N–H and O–H groups in total. The average molecular weight is 338 g/mol. The number of hydrogen-bond donors (Lipinski definition) is 1. The standard InChI is InChI=1S/C21H26N2O2/c1-4-10-16(2)22-20(24)18-13-8-9-14-19(18)21(25)23(3)15-17-11-6-5-7-12-17/h5-9,11-14,16H,4,10,15H2,1-3H3,(H,22,24)/t16-/m1/s1. The van der Waals surface area contributed by atoms with Crippen LogP contribution >= 0.6 is 0 Å². The van der Waals surface area contributed by atoms with Crippen LogP contribution < -0.4 is 5.32 Å². The van der Waals surface area contributed by atoms with Gasteiger partial charge in [-0.1, -0.05) is 55.8 Å². The summed E-state index contributed by atoms with van der Waals surface area (Å²) in [4.78, 5) is 27.0. The molecular formula is C21H26N2O2. The number of amides is 2. The summed E-state index contributed by atoms with van der Waals surface area (Å²) in [5, 5.41) is 2.97. The summed E-state index contributed by atoms with van der Waals surface area (Å²) < 4.78 is 0. The van der Waals surface area contributed by atoms with Crippen molar-refractivity contribution in [3.63, 3.8) is 0 Å². The molecule has 0 heterocycles. The molecule has 4 nitrogen and oxygen atoms in total. The van der Waals surface area contributed by atoms with Gasteiger partial charge in [-0.3, -0.25) is 9.59 Å². The van der Waals surface area contributed by atoms with Crippen molar-refractivity contribution in [1.29, 1.82) is 0 Å². The molecule has 4 heteroatoms. The SMILES string of the molecule is CCC[C@@H](C)NC(=O)c1ccccc1C(=O)N(C)Cc1ccccc1. The molecule has 0 unspecified atom stereocenters. The first-order valence-electron chi connectivity index (χ1n) is 8.72. The first-order valence-corrected chi connectivity index (χ1v) is 8.72. The Morgan fingerprint density at radius 2 is 1.60 bits per heavy atom. The molecule has 0 fully saturated rings. The normalized spacial score (nSPS) is 11.6. The summed E-state index contributed by atoms with van der Waals surface area (Å²) in [6, 6.07) is 16.9. The lowest BCUT2D eigenvalue weighted by Crippen LogP contribution is -2.35. The first-order chi connectivity index (χ1) is 12.0. The van der Waals surface area contributed by atoms with Gasteiger partial charge in [-0.05, 0) is 31.0 Å². The fraction of sp³-hybridized carbons (Fsp3) is 0.333. The van der Waals surface area contributed by atoms with E-state index in [1.165, 1.54) is 0 Å². The molecule has 132 valence electrons. The molecule has 2 aromatic rings. The highest BCUT2D eigenvalue weighted by molar-refractivity contribution is 6.07. The van der Waals surface area contributed by atoms with E-state index in [1.54, 1.807) is 36.2 Å². The van der Waals surface area contributed by atoms with Gasteiger partial charge in [-0.2, -0.15) is 0 Å². The van der Waals surface area contributed by atoms with Crippen LogP contribution in [0.25, 0.3) is 0 Å². The van der Waals surface area contributed by atoms with Crippen molar-refractivity contribution in [2.75, 3.05) is 7.05 Å². The minimum atomic E-state index is -0.196. The van der Waals surface area contributed by atoms with Crippen LogP contribution in [0.3, 0.4) is 0 Å². The number of carbonyl (C=O) groups excluding carboxylic acids is 2. The Hall–Kier alpha value is -2.62. The quantitative estimate of drug-likeness (QED) is 0.833. The van der Waals surface area contributed by atoms with Gasteiger partial charge >= 0.3 is 0 Å². The third-order valence-corrected chi connectivity index (χ3v) is 4.11. The molecule has 25 heavy (non-hydrogen) atoms. The Balaban J connectivity index is 2.15. The number of benzene rings is 2. The van der Waals surface area contributed by atoms with Crippen molar-refractivity contribution in [1.82, 2.24) is 10.2 Å². The molecule has 0 spiro atoms. The molecule has 2 aromatic carbocycles. The van der Waals surface area contributed by atoms with E-state index in [0.29, 0.717) is 17.7 Å². The minimum absolute atomic E-state index is 0.0858. The van der Waals surface area contributed by atoms with Crippen molar-refractivity contribution in [2.45, 2.75) is 39.3 Å². The summed E-state index contributed by atoms with van der Waals surface area (Å²) in [6.07, 6.45) is 1.91. The summed E-state index contributed by atoms with van der Waals surface area (Å²) in [7, 11) is 1.75. The van der Waals surface area contributed by atoms with Crippen molar-refractivity contribution < 1.29 is 9.59 Å². The van der Waals surface area contributed by atoms with Crippen LogP contribution in [0.15, 0.2) is 54.6 Å². The Kier molecular flexibility index (Phi) is 6.75. The lowest BCUT2D eigenvalue weighted by Gasteiger charge is -2.20. The van der Waals surface area contributed by atoms with E-state index in [9.17, 15) is 9.59 Å². The Morgan fingerprint density at radius 1 is 1.00 bits per heavy atom. The van der Waals surface area contributed by atoms with E-state index in [4.69, 9.17) is 0 Å². The van der Waals surface area contributed by atoms with E-state index in [0.717, 1.165) is 18.4 Å². The molecule has 0 saturated carbocycles. The van der Waals surface area contributed by atoms with E-state index >= 15 is 0 Å². The van der Waals surface area contributed by atoms with Gasteiger partial charge in [-0.15, -0.1) is 0 Å². The van der Waals surface area contributed by atoms with Crippen LogP contribution in [0, 0.1) is 0 Å². The predicted octanol–water partition coefficient (Wildman–Crippen LogP) is 3.88. The van der Waals surface area contributed by atoms with Crippen LogP contribution in [0.5, 0.6) is 0 Å². The Labute approximate surface area is 149 Å². The maximum absolute atomic E-state index is 12.8. The highest BCUT2D eigenvalue weighted by Crippen LogP contribution is 2.14. The van der Waals surface area contributed by atoms with Gasteiger partial charge in [0.2, 0.25) is 0 Å². The molecule has 0 saturated heterocycles. The van der Waals surface area contributed by atoms with Gasteiger partial charge < -0.3 is 10.2 Å². The maximum Gasteiger partial charge on any atom is 0.254 e. The van der Waals surface area contributed by atoms with Gasteiger partial charge in [0.15, 0.2) is 0 Å². The number of hydrogen-bond acceptors (Lipinski definition) is 2. The summed E-state index contributed by atoms with van der Waals surface area (Å²) in [6.45, 7) is 4.56. The second-order valence-electron chi connectivity index (χ2n) is 6.36. The molecule has 0 bridgehead atoms. The zero-order valence-electron chi connectivity index (χ0n) is 15.2. The summed E-state index contributed by atoms with van der Waals surface area (Å²) in [5.74, 6) is -0.351. The van der Waals surface area contributed by atoms with Crippen molar-refractivity contribution in [3.8, 4) is 0 Å². The monoisotopic (exact) mass is 338 g/mol. The van der Waals surface area contributed by atoms with Gasteiger partial charge in [-0.25, -0.2) is 0 Å². The molecule has 0 aliphatic rings. The fourth-order valence-electron chi connectivity index (χ4n) is 2.81. The number of rotatable bonds is 7. The summed E-state index contributed by atoms with van der Waals surface area (Å²) in [5.41, 5.74) is 1.91. The van der Waals surface area contributed by atoms with Crippen molar-refractivity contribution >= 4 is 11.8 Å². The number of nitrogens with zero attached hydrogens (tertiary/aromatic N) is 1. The first kappa shape index (κ1) is 18.7. The molecule has 2 amide bonds. The van der Waals surface area contributed by atoms with E-state index in [2.05, 4.69) is 12.2 Å². The molecule has 0 aliphatic heterocycles. The maximum atomic E-state index is 12.8. The average Bonchev–Trinajstić information content (AvgIpc) is 2.62. The fourth-order valence-corrected chi connectivity index (χ4v) is 2.81. The molecule has 0 radical (unpaired) electrons. The van der Waals surface area contributed by atoms with Crippen LogP contribution in [0.2, 0.25) is 0 Å². The molecular weight excluding hydrogens is 312 g/mol. The Morgan fingerprint density at radius 3 is 2.24 bits per heavy atom. The Bertz CT molecular complexity index is 713. The van der Waals surface area contributed by atoms with Gasteiger partial charge in [0, 0.05) is 19.6 Å². The summed E-state index contributed by atoms with van der Waals surface area (Å²) >= 11 is 0. The molecule has 0 aliphatic carbocycles. The second-order valence-corrected chi connectivity index (χ2v) is 6.36. The van der Waals surface area contributed by atoms with Crippen molar-refractivity contribution in [3.05, 3.63) is 71.3 Å². The van der Waals surface area contributed by atoms with E-state index < -0.39 is 0 Å². The zero-order chi connectivity index (χ0) is 18.2. The third-order valence-electron chi connectivity index (χ3n) is 4.11. The highest BCUT2D eigenvalue weighted by Gasteiger charge is 2.20. The van der Waals surface area contributed by atoms with Crippen molar-refractivity contribution in [2.24, 2.45) is 0 Å². The second kappa shape index (κ2) is 9.02. The van der Waals surface area contributed by atoms with Crippen LogP contribution in [0.1, 0.15) is 53.0 Å².